The third-order valence-electron chi connectivity index (χ3n) is 13.4. The van der Waals surface area contributed by atoms with Crippen molar-refractivity contribution < 1.29 is 8.83 Å². The van der Waals surface area contributed by atoms with Gasteiger partial charge in [0, 0.05) is 38.6 Å². The monoisotopic (exact) mass is 817 g/mol. The molecule has 0 saturated carbocycles. The summed E-state index contributed by atoms with van der Waals surface area (Å²) in [4.78, 5) is 2.39. The number of benzene rings is 10. The molecule has 0 N–H and O–H groups in total. The van der Waals surface area contributed by atoms with E-state index in [2.05, 4.69) is 217 Å². The fourth-order valence-electron chi connectivity index (χ4n) is 10.6. The summed E-state index contributed by atoms with van der Waals surface area (Å²) in [5.41, 5.74) is 18.4. The lowest BCUT2D eigenvalue weighted by atomic mass is 9.68. The van der Waals surface area contributed by atoms with Crippen LogP contribution in [0.5, 0.6) is 0 Å². The average Bonchev–Trinajstić information content (AvgIpc) is 4.04. The summed E-state index contributed by atoms with van der Waals surface area (Å²) in [7, 11) is 0. The van der Waals surface area contributed by atoms with Crippen LogP contribution in [0.25, 0.3) is 77.3 Å². The van der Waals surface area contributed by atoms with E-state index >= 15 is 0 Å². The van der Waals surface area contributed by atoms with Gasteiger partial charge in [-0.25, -0.2) is 0 Å². The summed E-state index contributed by atoms with van der Waals surface area (Å²) in [6.45, 7) is 0. The molecule has 2 heterocycles. The Morgan fingerprint density at radius 1 is 0.297 bits per heavy atom. The van der Waals surface area contributed by atoms with Crippen LogP contribution in [0.15, 0.2) is 245 Å². The second kappa shape index (κ2) is 14.3. The maximum absolute atomic E-state index is 6.29. The van der Waals surface area contributed by atoms with E-state index in [-0.39, 0.29) is 0 Å². The highest BCUT2D eigenvalue weighted by Gasteiger charge is 2.46. The number of hydrogen-bond donors (Lipinski definition) is 0. The van der Waals surface area contributed by atoms with E-state index in [4.69, 9.17) is 8.83 Å². The van der Waals surface area contributed by atoms with E-state index in [1.165, 1.54) is 33.4 Å². The van der Waals surface area contributed by atoms with Crippen molar-refractivity contribution in [2.45, 2.75) is 5.41 Å². The zero-order valence-corrected chi connectivity index (χ0v) is 34.8. The second-order valence-electron chi connectivity index (χ2n) is 16.7. The Morgan fingerprint density at radius 3 is 1.27 bits per heavy atom. The highest BCUT2D eigenvalue weighted by atomic mass is 16.3. The van der Waals surface area contributed by atoms with Gasteiger partial charge >= 0.3 is 0 Å². The molecule has 0 aliphatic heterocycles. The van der Waals surface area contributed by atoms with Crippen LogP contribution in [0.3, 0.4) is 0 Å². The predicted octanol–water partition coefficient (Wildman–Crippen LogP) is 16.7. The molecule has 0 amide bonds. The van der Waals surface area contributed by atoms with Crippen molar-refractivity contribution >= 4 is 60.9 Å². The van der Waals surface area contributed by atoms with E-state index in [1.807, 2.05) is 24.3 Å². The van der Waals surface area contributed by atoms with Crippen LogP contribution in [0.1, 0.15) is 22.3 Å². The zero-order valence-electron chi connectivity index (χ0n) is 34.8. The summed E-state index contributed by atoms with van der Waals surface area (Å²) < 4.78 is 12.6. The number of rotatable bonds is 7. The fraction of sp³-hybridized carbons (Fsp3) is 0.0164. The normalized spacial score (nSPS) is 12.8. The van der Waals surface area contributed by atoms with Crippen molar-refractivity contribution in [3.8, 4) is 33.4 Å². The minimum absolute atomic E-state index is 0.475. The number of nitrogens with zero attached hydrogens (tertiary/aromatic N) is 1. The van der Waals surface area contributed by atoms with Gasteiger partial charge < -0.3 is 13.7 Å². The van der Waals surface area contributed by atoms with Gasteiger partial charge in [0.05, 0.1) is 5.41 Å². The molecule has 0 unspecified atom stereocenters. The molecule has 1 aliphatic rings. The Kier molecular flexibility index (Phi) is 8.13. The van der Waals surface area contributed by atoms with E-state index < -0.39 is 5.41 Å². The quantitative estimate of drug-likeness (QED) is 0.160. The molecular formula is C61H39NO2. The topological polar surface area (TPSA) is 29.5 Å². The summed E-state index contributed by atoms with van der Waals surface area (Å²) in [6.07, 6.45) is 0. The summed E-state index contributed by atoms with van der Waals surface area (Å²) in [6, 6.07) is 85.3. The fourth-order valence-corrected chi connectivity index (χ4v) is 10.6. The van der Waals surface area contributed by atoms with Crippen molar-refractivity contribution in [3.05, 3.63) is 259 Å². The van der Waals surface area contributed by atoms with Crippen molar-refractivity contribution in [2.24, 2.45) is 0 Å². The van der Waals surface area contributed by atoms with Crippen LogP contribution < -0.4 is 4.90 Å². The van der Waals surface area contributed by atoms with Gasteiger partial charge in [-0.3, -0.25) is 0 Å². The summed E-state index contributed by atoms with van der Waals surface area (Å²) in [5.74, 6) is 0. The molecule has 0 atom stereocenters. The second-order valence-corrected chi connectivity index (χ2v) is 16.7. The Labute approximate surface area is 370 Å². The molecule has 0 saturated heterocycles. The third-order valence-corrected chi connectivity index (χ3v) is 13.4. The maximum atomic E-state index is 6.29. The van der Waals surface area contributed by atoms with E-state index in [1.54, 1.807) is 0 Å². The third kappa shape index (κ3) is 5.41. The van der Waals surface area contributed by atoms with Gasteiger partial charge in [-0.2, -0.15) is 0 Å². The van der Waals surface area contributed by atoms with Crippen LogP contribution >= 0.6 is 0 Å². The Balaban J connectivity index is 0.989. The Hall–Kier alpha value is -8.40. The lowest BCUT2D eigenvalue weighted by molar-refractivity contribution is 0.668. The summed E-state index contributed by atoms with van der Waals surface area (Å²) >= 11 is 0. The molecule has 300 valence electrons. The first-order valence-electron chi connectivity index (χ1n) is 21.9. The van der Waals surface area contributed by atoms with Gasteiger partial charge in [0.25, 0.3) is 0 Å². The smallest absolute Gasteiger partial charge is 0.136 e. The number of fused-ring (bicyclic) bond motifs is 9. The molecule has 0 spiro atoms. The molecule has 64 heavy (non-hydrogen) atoms. The van der Waals surface area contributed by atoms with E-state index in [0.29, 0.717) is 0 Å². The lowest BCUT2D eigenvalue weighted by Crippen LogP contribution is -2.28. The molecule has 10 aromatic carbocycles. The zero-order chi connectivity index (χ0) is 42.2. The molecule has 0 fully saturated rings. The van der Waals surface area contributed by atoms with Crippen LogP contribution in [0, 0.1) is 0 Å². The molecule has 0 radical (unpaired) electrons. The number of furan rings is 2. The van der Waals surface area contributed by atoms with Crippen LogP contribution in [0.2, 0.25) is 0 Å². The van der Waals surface area contributed by atoms with Gasteiger partial charge in [-0.05, 0) is 116 Å². The Morgan fingerprint density at radius 2 is 0.719 bits per heavy atom. The van der Waals surface area contributed by atoms with Gasteiger partial charge in [0.2, 0.25) is 0 Å². The number of para-hydroxylation sites is 2. The molecule has 13 rings (SSSR count). The van der Waals surface area contributed by atoms with Gasteiger partial charge in [-0.15, -0.1) is 0 Å². The molecule has 0 bridgehead atoms. The van der Waals surface area contributed by atoms with Gasteiger partial charge in [0.15, 0.2) is 0 Å². The first-order chi connectivity index (χ1) is 31.7. The standard InChI is InChI=1S/C61H39NO2/c1-3-15-42(16-4-1)61(43-17-5-2-6-18-43)53-24-10-7-19-49(53)52-39-46(37-38-54(52)61)62(44-33-29-40(30-34-44)47-22-13-27-57-59(47)50-20-8-11-25-55(50)63-57)45-35-31-41(32-36-45)48-23-14-28-58-60(48)51-21-9-12-26-56(51)64-58/h1-39H. The van der Waals surface area contributed by atoms with Gasteiger partial charge in [0.1, 0.15) is 22.3 Å². The number of hydrogen-bond acceptors (Lipinski definition) is 3. The van der Waals surface area contributed by atoms with Crippen molar-refractivity contribution in [3.63, 3.8) is 0 Å². The van der Waals surface area contributed by atoms with Crippen molar-refractivity contribution in [1.29, 1.82) is 0 Å². The highest BCUT2D eigenvalue weighted by Crippen LogP contribution is 2.57. The highest BCUT2D eigenvalue weighted by molar-refractivity contribution is 6.13. The van der Waals surface area contributed by atoms with E-state index in [0.717, 1.165) is 83.2 Å². The maximum Gasteiger partial charge on any atom is 0.136 e. The minimum Gasteiger partial charge on any atom is -0.456 e. The van der Waals surface area contributed by atoms with E-state index in [9.17, 15) is 0 Å². The molecule has 3 heteroatoms. The number of anilines is 3. The predicted molar refractivity (Wildman–Crippen MR) is 264 cm³/mol. The molecule has 12 aromatic rings. The molecule has 1 aliphatic carbocycles. The first kappa shape index (κ1) is 36.3. The SMILES string of the molecule is c1ccc(C2(c3ccccc3)c3ccccc3-c3cc(N(c4ccc(-c5cccc6oc7ccccc7c56)cc4)c4ccc(-c5cccc6oc7ccccc7c56)cc4)ccc32)cc1. The van der Waals surface area contributed by atoms with Crippen molar-refractivity contribution in [2.75, 3.05) is 4.90 Å². The summed E-state index contributed by atoms with van der Waals surface area (Å²) in [5, 5.41) is 4.52. The van der Waals surface area contributed by atoms with Crippen molar-refractivity contribution in [1.82, 2.24) is 0 Å². The minimum atomic E-state index is -0.475. The van der Waals surface area contributed by atoms with Crippen LogP contribution in [0.4, 0.5) is 17.1 Å². The lowest BCUT2D eigenvalue weighted by Gasteiger charge is -2.34. The molecule has 2 aromatic heterocycles. The average molecular weight is 818 g/mol. The molecular weight excluding hydrogens is 779 g/mol. The van der Waals surface area contributed by atoms with Gasteiger partial charge in [-0.1, -0.05) is 176 Å². The van der Waals surface area contributed by atoms with Crippen LogP contribution in [-0.4, -0.2) is 0 Å². The Bertz CT molecular complexity index is 3520. The van der Waals surface area contributed by atoms with Crippen LogP contribution in [-0.2, 0) is 5.41 Å². The largest absolute Gasteiger partial charge is 0.456 e. The molecule has 3 nitrogen and oxygen atoms in total. The first-order valence-corrected chi connectivity index (χ1v) is 21.9.